The molecule has 4 nitrogen and oxygen atoms in total. The van der Waals surface area contributed by atoms with Gasteiger partial charge in [-0.3, -0.25) is 4.57 Å². The Bertz CT molecular complexity index is 3950. The molecule has 0 fully saturated rings. The predicted molar refractivity (Wildman–Crippen MR) is 289 cm³/mol. The van der Waals surface area contributed by atoms with Gasteiger partial charge in [0, 0.05) is 56.4 Å². The van der Waals surface area contributed by atoms with Crippen molar-refractivity contribution in [1.82, 2.24) is 13.7 Å². The van der Waals surface area contributed by atoms with Gasteiger partial charge in [-0.05, 0) is 137 Å². The van der Waals surface area contributed by atoms with Gasteiger partial charge in [-0.25, -0.2) is 0 Å². The van der Waals surface area contributed by atoms with Crippen LogP contribution in [0.15, 0.2) is 206 Å². The van der Waals surface area contributed by atoms with Crippen LogP contribution in [0.4, 0.5) is 5.69 Å². The molecule has 0 atom stereocenters. The van der Waals surface area contributed by atoms with Crippen LogP contribution >= 0.6 is 0 Å². The van der Waals surface area contributed by atoms with Crippen LogP contribution in [0.5, 0.6) is 0 Å². The fourth-order valence-corrected chi connectivity index (χ4v) is 11.7. The Hall–Kier alpha value is -8.08. The second-order valence-electron chi connectivity index (χ2n) is 19.0. The summed E-state index contributed by atoms with van der Waals surface area (Å²) in [5.41, 5.74) is 20.3. The van der Waals surface area contributed by atoms with Crippen LogP contribution in [0.3, 0.4) is 0 Å². The third-order valence-electron chi connectivity index (χ3n) is 14.9. The summed E-state index contributed by atoms with van der Waals surface area (Å²) < 4.78 is 7.51. The molecule has 0 amide bonds. The minimum absolute atomic E-state index is 0.427. The van der Waals surface area contributed by atoms with Gasteiger partial charge in [-0.15, -0.1) is 0 Å². The molecule has 1 aliphatic heterocycles. The Balaban J connectivity index is 1.09. The minimum Gasteiger partial charge on any atom is -0.330 e. The molecule has 1 aliphatic rings. The highest BCUT2D eigenvalue weighted by atomic mass is 15.3. The van der Waals surface area contributed by atoms with E-state index in [1.165, 1.54) is 116 Å². The van der Waals surface area contributed by atoms with Gasteiger partial charge >= 0.3 is 0 Å². The van der Waals surface area contributed by atoms with E-state index in [2.05, 4.69) is 247 Å². The largest absolute Gasteiger partial charge is 0.330 e. The van der Waals surface area contributed by atoms with Crippen molar-refractivity contribution in [1.29, 1.82) is 0 Å². The second-order valence-corrected chi connectivity index (χ2v) is 19.0. The molecule has 9 aromatic carbocycles. The van der Waals surface area contributed by atoms with Crippen molar-refractivity contribution in [3.8, 4) is 22.5 Å². The number of anilines is 1. The van der Waals surface area contributed by atoms with E-state index < -0.39 is 0 Å². The van der Waals surface area contributed by atoms with E-state index in [-0.39, 0.29) is 0 Å². The van der Waals surface area contributed by atoms with Gasteiger partial charge in [0.15, 0.2) is 0 Å². The number of allylic oxidation sites excluding steroid dienone is 1. The van der Waals surface area contributed by atoms with Crippen LogP contribution in [0, 0.1) is 0 Å². The number of nitrogens with zero attached hydrogens (tertiary/aromatic N) is 4. The first-order valence-corrected chi connectivity index (χ1v) is 24.3. The van der Waals surface area contributed by atoms with Crippen molar-refractivity contribution in [2.75, 3.05) is 11.9 Å². The first-order valence-electron chi connectivity index (χ1n) is 24.3. The molecule has 0 N–H and O–H groups in total. The highest BCUT2D eigenvalue weighted by Crippen LogP contribution is 2.45. The third-order valence-corrected chi connectivity index (χ3v) is 14.9. The first-order chi connectivity index (χ1) is 33.4. The smallest absolute Gasteiger partial charge is 0.117 e. The average Bonchev–Trinajstić information content (AvgIpc) is 4.00. The molecule has 0 spiro atoms. The summed E-state index contributed by atoms with van der Waals surface area (Å²) in [4.78, 5) is 2.45. The molecular weight excluding hydrogens is 825 g/mol. The van der Waals surface area contributed by atoms with Crippen LogP contribution < -0.4 is 4.90 Å². The number of fused-ring (bicyclic) bond motifs is 10. The summed E-state index contributed by atoms with van der Waals surface area (Å²) in [6, 6.07) is 74.8. The Morgan fingerprint density at radius 1 is 0.441 bits per heavy atom. The summed E-state index contributed by atoms with van der Waals surface area (Å²) in [7, 11) is 2.26. The molecule has 0 bridgehead atoms. The molecule has 0 aliphatic carbocycles. The summed E-state index contributed by atoms with van der Waals surface area (Å²) in [6.45, 7) is 6.91. The Labute approximate surface area is 397 Å². The lowest BCUT2D eigenvalue weighted by molar-refractivity contribution is 0.868. The third kappa shape index (κ3) is 6.13. The molecule has 13 rings (SSSR count). The molecule has 3 aromatic heterocycles. The van der Waals surface area contributed by atoms with E-state index in [4.69, 9.17) is 0 Å². The molecule has 4 heterocycles. The maximum Gasteiger partial charge on any atom is 0.117 e. The maximum atomic E-state index is 2.59. The van der Waals surface area contributed by atoms with Gasteiger partial charge in [0.05, 0.1) is 33.1 Å². The van der Waals surface area contributed by atoms with Crippen molar-refractivity contribution in [3.63, 3.8) is 0 Å². The van der Waals surface area contributed by atoms with E-state index in [1.54, 1.807) is 0 Å². The van der Waals surface area contributed by atoms with Gasteiger partial charge < -0.3 is 14.0 Å². The SMILES string of the molecule is CCC1=C(n2c3ccc(Cc4ccccc4-c4ccccc4C(C)C)cc3c3cc4c5cc(-n6c7ccccc7c7ccccc76)ccc5n(-c5ccccc5)c4cc32)N(C)c2ccccc2C1. The van der Waals surface area contributed by atoms with Crippen molar-refractivity contribution in [3.05, 3.63) is 228 Å². The van der Waals surface area contributed by atoms with Crippen molar-refractivity contribution in [2.24, 2.45) is 0 Å². The fraction of sp³-hybridized carbons (Fsp3) is 0.125. The molecular formula is C64H52N4. The number of hydrogen-bond donors (Lipinski definition) is 0. The zero-order valence-electron chi connectivity index (χ0n) is 39.0. The lowest BCUT2D eigenvalue weighted by Gasteiger charge is -2.34. The summed E-state index contributed by atoms with van der Waals surface area (Å²) >= 11 is 0. The van der Waals surface area contributed by atoms with E-state index in [9.17, 15) is 0 Å². The van der Waals surface area contributed by atoms with Crippen LogP contribution in [0.25, 0.3) is 93.7 Å². The van der Waals surface area contributed by atoms with Crippen LogP contribution in [-0.4, -0.2) is 20.7 Å². The van der Waals surface area contributed by atoms with Crippen LogP contribution in [0.1, 0.15) is 55.4 Å². The zero-order chi connectivity index (χ0) is 45.6. The number of para-hydroxylation sites is 4. The van der Waals surface area contributed by atoms with Gasteiger partial charge in [0.25, 0.3) is 0 Å². The van der Waals surface area contributed by atoms with E-state index in [0.29, 0.717) is 5.92 Å². The van der Waals surface area contributed by atoms with Crippen molar-refractivity contribution in [2.45, 2.75) is 46.0 Å². The standard InChI is InChI=1S/C64H52N4/c1-5-43-37-45-20-10-16-28-57(45)65(4)64(43)68-61-33-31-42(35-44-19-9-11-24-49(44)50-25-13-12-23-48(50)41(2)3)36-53(61)55-39-56-54-38-47(67-58-29-17-14-26-51(58)52-27-15-18-30-59(52)67)32-34-60(54)66(62(56)40-63(55)68)46-21-7-6-8-22-46/h6-34,36,38-41H,5,35,37H2,1-4H3. The molecule has 68 heavy (non-hydrogen) atoms. The van der Waals surface area contributed by atoms with E-state index in [1.807, 2.05) is 0 Å². The van der Waals surface area contributed by atoms with Crippen molar-refractivity contribution < 1.29 is 0 Å². The number of hydrogen-bond acceptors (Lipinski definition) is 1. The summed E-state index contributed by atoms with van der Waals surface area (Å²) in [6.07, 6.45) is 2.72. The Kier molecular flexibility index (Phi) is 9.33. The van der Waals surface area contributed by atoms with E-state index >= 15 is 0 Å². The lowest BCUT2D eigenvalue weighted by atomic mass is 9.88. The van der Waals surface area contributed by atoms with Gasteiger partial charge in [-0.1, -0.05) is 148 Å². The highest BCUT2D eigenvalue weighted by Gasteiger charge is 2.28. The molecule has 4 heteroatoms. The van der Waals surface area contributed by atoms with Crippen LogP contribution in [0.2, 0.25) is 0 Å². The molecule has 0 saturated carbocycles. The fourth-order valence-electron chi connectivity index (χ4n) is 11.7. The minimum atomic E-state index is 0.427. The number of aromatic nitrogens is 3. The predicted octanol–water partition coefficient (Wildman–Crippen LogP) is 16.6. The Morgan fingerprint density at radius 2 is 1.01 bits per heavy atom. The maximum absolute atomic E-state index is 2.59. The van der Waals surface area contributed by atoms with Gasteiger partial charge in [0.1, 0.15) is 5.82 Å². The quantitative estimate of drug-likeness (QED) is 0.149. The normalized spacial score (nSPS) is 13.1. The van der Waals surface area contributed by atoms with Gasteiger partial charge in [0.2, 0.25) is 0 Å². The first kappa shape index (κ1) is 40.2. The number of benzene rings is 9. The second kappa shape index (κ2) is 15.8. The molecule has 0 saturated heterocycles. The van der Waals surface area contributed by atoms with Crippen molar-refractivity contribution >= 4 is 76.9 Å². The molecule has 328 valence electrons. The molecule has 12 aromatic rings. The van der Waals surface area contributed by atoms with E-state index in [0.717, 1.165) is 30.6 Å². The average molecular weight is 877 g/mol. The molecule has 0 radical (unpaired) electrons. The Morgan fingerprint density at radius 3 is 1.78 bits per heavy atom. The molecule has 0 unspecified atom stereocenters. The van der Waals surface area contributed by atoms with Gasteiger partial charge in [-0.2, -0.15) is 0 Å². The summed E-state index contributed by atoms with van der Waals surface area (Å²) in [5, 5.41) is 7.54. The van der Waals surface area contributed by atoms with Crippen LogP contribution in [-0.2, 0) is 12.8 Å². The highest BCUT2D eigenvalue weighted by molar-refractivity contribution is 6.20. The topological polar surface area (TPSA) is 18.0 Å². The lowest BCUT2D eigenvalue weighted by Crippen LogP contribution is -2.27. The number of rotatable bonds is 8. The zero-order valence-corrected chi connectivity index (χ0v) is 39.0. The monoisotopic (exact) mass is 876 g/mol. The summed E-state index contributed by atoms with van der Waals surface area (Å²) in [5.74, 6) is 1.68.